The number of benzene rings is 1. The van der Waals surface area contributed by atoms with Crippen LogP contribution in [0.15, 0.2) is 23.1 Å². The number of piperidine rings is 1. The van der Waals surface area contributed by atoms with Crippen LogP contribution in [-0.2, 0) is 30.9 Å². The minimum atomic E-state index is -3.92. The molecule has 1 amide bonds. The van der Waals surface area contributed by atoms with E-state index in [0.29, 0.717) is 17.8 Å². The summed E-state index contributed by atoms with van der Waals surface area (Å²) < 4.78 is 33.6. The fourth-order valence-corrected chi connectivity index (χ4v) is 8.40. The molecule has 218 valence electrons. The molecule has 3 N–H and O–H groups in total. The first kappa shape index (κ1) is 28.8. The molecule has 3 unspecified atom stereocenters. The van der Waals surface area contributed by atoms with E-state index < -0.39 is 33.3 Å². The maximum absolute atomic E-state index is 13.5. The lowest BCUT2D eigenvalue weighted by molar-refractivity contribution is -0.165. The average Bonchev–Trinajstić information content (AvgIpc) is 3.38. The molecule has 2 saturated heterocycles. The zero-order valence-electron chi connectivity index (χ0n) is 23.9. The van der Waals surface area contributed by atoms with Crippen LogP contribution in [0.1, 0.15) is 72.3 Å². The Kier molecular flexibility index (Phi) is 7.40. The van der Waals surface area contributed by atoms with Gasteiger partial charge in [0.25, 0.3) is 0 Å². The number of rotatable bonds is 5. The first-order valence-electron chi connectivity index (χ1n) is 14.1. The standard InChI is InChI=1S/C28H40N6O5S/c1-27(2,3)39-26(36)28(4,5)33-16-18-14-19(10-11-22(18)40(33,37)38)31-24-23-21(12-13-30-25(23)35)34(32-24)20-9-7-6-8-17(20)15-29/h10-11,14,17,20-21,23-24,31-32H,6-9,12-13,16H2,1-5H3,(H,30,35)/t17-,20+,21?,23?,24?/m1/s1. The van der Waals surface area contributed by atoms with Crippen molar-refractivity contribution in [2.75, 3.05) is 11.9 Å². The smallest absolute Gasteiger partial charge is 0.327 e. The monoisotopic (exact) mass is 572 g/mol. The average molecular weight is 573 g/mol. The number of hydrogen-bond acceptors (Lipinski definition) is 9. The molecule has 40 heavy (non-hydrogen) atoms. The van der Waals surface area contributed by atoms with Crippen molar-refractivity contribution in [3.05, 3.63) is 23.8 Å². The molecule has 4 aliphatic rings. The molecule has 0 radical (unpaired) electrons. The third-order valence-corrected chi connectivity index (χ3v) is 10.6. The molecule has 0 spiro atoms. The summed E-state index contributed by atoms with van der Waals surface area (Å²) in [7, 11) is -3.92. The molecular formula is C28H40N6O5S. The lowest BCUT2D eigenvalue weighted by Gasteiger charge is -2.39. The molecule has 3 fully saturated rings. The fraction of sp³-hybridized carbons (Fsp3) is 0.679. The number of carbonyl (C=O) groups excluding carboxylic acids is 2. The number of carbonyl (C=O) groups is 2. The number of nitrogens with one attached hydrogen (secondary N) is 3. The van der Waals surface area contributed by atoms with Gasteiger partial charge in [-0.1, -0.05) is 12.8 Å². The van der Waals surface area contributed by atoms with Crippen LogP contribution in [0.25, 0.3) is 0 Å². The minimum Gasteiger partial charge on any atom is -0.459 e. The van der Waals surface area contributed by atoms with E-state index in [-0.39, 0.29) is 41.3 Å². The van der Waals surface area contributed by atoms with Crippen LogP contribution in [0.2, 0.25) is 0 Å². The van der Waals surface area contributed by atoms with Gasteiger partial charge < -0.3 is 15.4 Å². The van der Waals surface area contributed by atoms with E-state index in [9.17, 15) is 23.3 Å². The topological polar surface area (TPSA) is 144 Å². The highest BCUT2D eigenvalue weighted by molar-refractivity contribution is 7.89. The van der Waals surface area contributed by atoms with Crippen molar-refractivity contribution < 1.29 is 22.7 Å². The van der Waals surface area contributed by atoms with Crippen LogP contribution in [0.3, 0.4) is 0 Å². The summed E-state index contributed by atoms with van der Waals surface area (Å²) in [5.74, 6) is -1.11. The number of nitrogens with zero attached hydrogens (tertiary/aromatic N) is 3. The molecule has 5 atom stereocenters. The Morgan fingerprint density at radius 2 is 1.85 bits per heavy atom. The van der Waals surface area contributed by atoms with Crippen LogP contribution in [0.4, 0.5) is 5.69 Å². The van der Waals surface area contributed by atoms with Crippen molar-refractivity contribution in [1.82, 2.24) is 20.1 Å². The Bertz CT molecular complexity index is 1330. The number of anilines is 1. The Labute approximate surface area is 236 Å². The van der Waals surface area contributed by atoms with E-state index >= 15 is 0 Å². The van der Waals surface area contributed by atoms with Crippen LogP contribution in [0.5, 0.6) is 0 Å². The molecule has 1 aromatic rings. The van der Waals surface area contributed by atoms with Crippen molar-refractivity contribution >= 4 is 27.6 Å². The van der Waals surface area contributed by atoms with Crippen LogP contribution in [-0.4, -0.2) is 65.5 Å². The van der Waals surface area contributed by atoms with Gasteiger partial charge in [-0.05, 0) is 77.6 Å². The number of esters is 1. The van der Waals surface area contributed by atoms with E-state index in [1.165, 1.54) is 4.31 Å². The number of hydrogen-bond donors (Lipinski definition) is 3. The lowest BCUT2D eigenvalue weighted by atomic mass is 9.83. The Morgan fingerprint density at radius 3 is 2.55 bits per heavy atom. The molecule has 12 heteroatoms. The Balaban J connectivity index is 1.38. The summed E-state index contributed by atoms with van der Waals surface area (Å²) in [4.78, 5) is 26.1. The van der Waals surface area contributed by atoms with Crippen LogP contribution < -0.4 is 16.1 Å². The Morgan fingerprint density at radius 1 is 1.12 bits per heavy atom. The first-order chi connectivity index (χ1) is 18.7. The predicted molar refractivity (Wildman–Crippen MR) is 148 cm³/mol. The van der Waals surface area contributed by atoms with Gasteiger partial charge in [0.2, 0.25) is 15.9 Å². The summed E-state index contributed by atoms with van der Waals surface area (Å²) in [5, 5.41) is 18.4. The molecule has 11 nitrogen and oxygen atoms in total. The number of sulfonamides is 1. The first-order valence-corrected chi connectivity index (χ1v) is 15.6. The van der Waals surface area contributed by atoms with Gasteiger partial charge in [-0.15, -0.1) is 0 Å². The summed E-state index contributed by atoms with van der Waals surface area (Å²) in [5.41, 5.74) is 2.60. The van der Waals surface area contributed by atoms with Crippen LogP contribution in [0, 0.1) is 23.2 Å². The second-order valence-corrected chi connectivity index (χ2v) is 14.6. The second-order valence-electron chi connectivity index (χ2n) is 12.8. The minimum absolute atomic E-state index is 0.0299. The van der Waals surface area contributed by atoms with E-state index in [1.54, 1.807) is 52.8 Å². The lowest BCUT2D eigenvalue weighted by Crippen LogP contribution is -2.54. The van der Waals surface area contributed by atoms with E-state index in [4.69, 9.17) is 4.74 Å². The predicted octanol–water partition coefficient (Wildman–Crippen LogP) is 2.46. The molecule has 3 heterocycles. The van der Waals surface area contributed by atoms with Gasteiger partial charge in [0.05, 0.1) is 22.8 Å². The highest BCUT2D eigenvalue weighted by atomic mass is 32.2. The number of amides is 1. The van der Waals surface area contributed by atoms with Crippen molar-refractivity contribution in [1.29, 1.82) is 5.26 Å². The van der Waals surface area contributed by atoms with Crippen molar-refractivity contribution in [2.24, 2.45) is 11.8 Å². The van der Waals surface area contributed by atoms with E-state index in [1.807, 2.05) is 0 Å². The summed E-state index contributed by atoms with van der Waals surface area (Å²) in [6, 6.07) is 7.50. The van der Waals surface area contributed by atoms with Crippen molar-refractivity contribution in [3.63, 3.8) is 0 Å². The number of ether oxygens (including phenoxy) is 1. The van der Waals surface area contributed by atoms with E-state index in [2.05, 4.69) is 27.1 Å². The maximum Gasteiger partial charge on any atom is 0.327 e. The molecular weight excluding hydrogens is 532 g/mol. The van der Waals surface area contributed by atoms with E-state index in [0.717, 1.165) is 32.1 Å². The molecule has 1 saturated carbocycles. The second kappa shape index (κ2) is 10.3. The quantitative estimate of drug-likeness (QED) is 0.453. The zero-order valence-corrected chi connectivity index (χ0v) is 24.7. The maximum atomic E-state index is 13.5. The highest BCUT2D eigenvalue weighted by Gasteiger charge is 2.52. The normalized spacial score (nSPS) is 30.6. The number of nitriles is 1. The van der Waals surface area contributed by atoms with Gasteiger partial charge in [0.15, 0.2) is 0 Å². The third-order valence-electron chi connectivity index (χ3n) is 8.50. The van der Waals surface area contributed by atoms with Crippen molar-refractivity contribution in [3.8, 4) is 6.07 Å². The molecule has 0 aromatic heterocycles. The largest absolute Gasteiger partial charge is 0.459 e. The fourth-order valence-electron chi connectivity index (χ4n) is 6.48. The SMILES string of the molecule is CC(C)(C)OC(=O)C(C)(C)N1Cc2cc(NC3NN([C@H]4CCCC[C@@H]4C#N)C4CCNC(=O)C34)ccc2S1(=O)=O. The third kappa shape index (κ3) is 5.09. The molecule has 1 aromatic carbocycles. The summed E-state index contributed by atoms with van der Waals surface area (Å²) in [6.45, 7) is 8.98. The van der Waals surface area contributed by atoms with Gasteiger partial charge in [0.1, 0.15) is 17.3 Å². The zero-order chi connectivity index (χ0) is 29.0. The molecule has 1 aliphatic carbocycles. The molecule has 5 rings (SSSR count). The van der Waals surface area contributed by atoms with Crippen LogP contribution >= 0.6 is 0 Å². The number of hydrazine groups is 1. The highest BCUT2D eigenvalue weighted by Crippen LogP contribution is 2.40. The van der Waals surface area contributed by atoms with Gasteiger partial charge in [0, 0.05) is 30.9 Å². The summed E-state index contributed by atoms with van der Waals surface area (Å²) in [6.07, 6.45) is 4.22. The van der Waals surface area contributed by atoms with Gasteiger partial charge in [-0.2, -0.15) is 9.57 Å². The molecule has 3 aliphatic heterocycles. The van der Waals surface area contributed by atoms with Gasteiger partial charge in [-0.3, -0.25) is 9.59 Å². The summed E-state index contributed by atoms with van der Waals surface area (Å²) >= 11 is 0. The van der Waals surface area contributed by atoms with Gasteiger partial charge >= 0.3 is 5.97 Å². The van der Waals surface area contributed by atoms with Gasteiger partial charge in [-0.25, -0.2) is 18.9 Å². The van der Waals surface area contributed by atoms with Crippen molar-refractivity contribution in [2.45, 2.75) is 108 Å². The Hall–Kier alpha value is -2.72. The molecule has 0 bridgehead atoms. The number of fused-ring (bicyclic) bond motifs is 2.